The SMILES string of the molecule is Cc1ccc(C(=O)C2CC(C)CC(C)C2)c(C)c1. The lowest BCUT2D eigenvalue weighted by molar-refractivity contribution is 0.0835. The zero-order chi connectivity index (χ0) is 13.3. The Morgan fingerprint density at radius 1 is 1.06 bits per heavy atom. The summed E-state index contributed by atoms with van der Waals surface area (Å²) in [6, 6.07) is 6.18. The maximum atomic E-state index is 12.6. The van der Waals surface area contributed by atoms with Crippen LogP contribution < -0.4 is 0 Å². The summed E-state index contributed by atoms with van der Waals surface area (Å²) in [5, 5.41) is 0. The minimum absolute atomic E-state index is 0.241. The quantitative estimate of drug-likeness (QED) is 0.697. The number of benzene rings is 1. The summed E-state index contributed by atoms with van der Waals surface area (Å²) >= 11 is 0. The Morgan fingerprint density at radius 2 is 1.67 bits per heavy atom. The van der Waals surface area contributed by atoms with Gasteiger partial charge in [-0.2, -0.15) is 0 Å². The molecule has 1 aromatic rings. The van der Waals surface area contributed by atoms with Gasteiger partial charge in [-0.05, 0) is 50.5 Å². The highest BCUT2D eigenvalue weighted by atomic mass is 16.1. The highest BCUT2D eigenvalue weighted by Crippen LogP contribution is 2.35. The van der Waals surface area contributed by atoms with Crippen LogP contribution in [-0.2, 0) is 0 Å². The van der Waals surface area contributed by atoms with Gasteiger partial charge in [0.25, 0.3) is 0 Å². The second kappa shape index (κ2) is 5.26. The van der Waals surface area contributed by atoms with Gasteiger partial charge in [-0.1, -0.05) is 37.6 Å². The largest absolute Gasteiger partial charge is 0.294 e. The Balaban J connectivity index is 2.20. The zero-order valence-corrected chi connectivity index (χ0v) is 12.0. The van der Waals surface area contributed by atoms with Crippen molar-refractivity contribution in [3.63, 3.8) is 0 Å². The Kier molecular flexibility index (Phi) is 3.89. The van der Waals surface area contributed by atoms with Crippen molar-refractivity contribution in [3.05, 3.63) is 34.9 Å². The Hall–Kier alpha value is -1.11. The third kappa shape index (κ3) is 2.82. The number of Topliss-reactive ketones (excluding diaryl/α,β-unsaturated/α-hetero) is 1. The van der Waals surface area contributed by atoms with E-state index < -0.39 is 0 Å². The third-order valence-corrected chi connectivity index (χ3v) is 4.20. The first-order valence-electron chi connectivity index (χ1n) is 7.09. The number of ketones is 1. The minimum atomic E-state index is 0.241. The normalized spacial score (nSPS) is 28.1. The molecule has 1 aliphatic rings. The second-order valence-corrected chi connectivity index (χ2v) is 6.30. The number of hydrogen-bond acceptors (Lipinski definition) is 1. The van der Waals surface area contributed by atoms with Gasteiger partial charge in [-0.3, -0.25) is 4.79 Å². The fraction of sp³-hybridized carbons (Fsp3) is 0.588. The first-order valence-corrected chi connectivity index (χ1v) is 7.09. The third-order valence-electron chi connectivity index (χ3n) is 4.20. The van der Waals surface area contributed by atoms with Gasteiger partial charge in [0.2, 0.25) is 0 Å². The van der Waals surface area contributed by atoms with Crippen molar-refractivity contribution in [2.75, 3.05) is 0 Å². The van der Waals surface area contributed by atoms with Crippen molar-refractivity contribution in [2.24, 2.45) is 17.8 Å². The summed E-state index contributed by atoms with van der Waals surface area (Å²) in [4.78, 5) is 12.6. The van der Waals surface area contributed by atoms with E-state index in [1.807, 2.05) is 6.07 Å². The fourth-order valence-electron chi connectivity index (χ4n) is 3.47. The van der Waals surface area contributed by atoms with Crippen LogP contribution >= 0.6 is 0 Å². The van der Waals surface area contributed by atoms with Gasteiger partial charge in [-0.25, -0.2) is 0 Å². The van der Waals surface area contributed by atoms with Gasteiger partial charge in [-0.15, -0.1) is 0 Å². The van der Waals surface area contributed by atoms with E-state index in [1.165, 1.54) is 12.0 Å². The Morgan fingerprint density at radius 3 is 2.22 bits per heavy atom. The van der Waals surface area contributed by atoms with Crippen molar-refractivity contribution in [3.8, 4) is 0 Å². The summed E-state index contributed by atoms with van der Waals surface area (Å²) in [5.41, 5.74) is 3.30. The van der Waals surface area contributed by atoms with E-state index in [0.29, 0.717) is 17.6 Å². The molecule has 2 atom stereocenters. The zero-order valence-electron chi connectivity index (χ0n) is 12.0. The molecule has 1 nitrogen and oxygen atoms in total. The van der Waals surface area contributed by atoms with Crippen LogP contribution in [0.3, 0.4) is 0 Å². The molecule has 0 bridgehead atoms. The van der Waals surface area contributed by atoms with Crippen LogP contribution in [0.15, 0.2) is 18.2 Å². The summed E-state index contributed by atoms with van der Waals surface area (Å²) in [6.07, 6.45) is 3.41. The summed E-state index contributed by atoms with van der Waals surface area (Å²) in [5.74, 6) is 1.98. The molecular weight excluding hydrogens is 220 g/mol. The summed E-state index contributed by atoms with van der Waals surface area (Å²) in [7, 11) is 0. The Labute approximate surface area is 111 Å². The molecule has 98 valence electrons. The first kappa shape index (κ1) is 13.3. The molecule has 0 N–H and O–H groups in total. The molecule has 0 aliphatic heterocycles. The first-order chi connectivity index (χ1) is 8.47. The highest BCUT2D eigenvalue weighted by Gasteiger charge is 2.29. The summed E-state index contributed by atoms with van der Waals surface area (Å²) < 4.78 is 0. The lowest BCUT2D eigenvalue weighted by Gasteiger charge is -2.30. The van der Waals surface area contributed by atoms with Crippen LogP contribution in [0.5, 0.6) is 0 Å². The molecule has 0 heterocycles. The molecule has 0 spiro atoms. The van der Waals surface area contributed by atoms with Crippen LogP contribution in [0, 0.1) is 31.6 Å². The van der Waals surface area contributed by atoms with Crippen LogP contribution in [-0.4, -0.2) is 5.78 Å². The lowest BCUT2D eigenvalue weighted by Crippen LogP contribution is -2.26. The standard InChI is InChI=1S/C17H24O/c1-11-5-6-16(14(4)8-11)17(18)15-9-12(2)7-13(3)10-15/h5-6,8,12-13,15H,7,9-10H2,1-4H3. The molecule has 0 radical (unpaired) electrons. The predicted octanol–water partition coefficient (Wildman–Crippen LogP) is 4.56. The molecular formula is C17H24O. The van der Waals surface area contributed by atoms with Crippen LogP contribution in [0.2, 0.25) is 0 Å². The van der Waals surface area contributed by atoms with E-state index in [-0.39, 0.29) is 5.92 Å². The molecule has 1 aromatic carbocycles. The smallest absolute Gasteiger partial charge is 0.166 e. The number of rotatable bonds is 2. The van der Waals surface area contributed by atoms with E-state index in [2.05, 4.69) is 39.8 Å². The molecule has 1 heteroatoms. The number of carbonyl (C=O) groups excluding carboxylic acids is 1. The molecule has 18 heavy (non-hydrogen) atoms. The van der Waals surface area contributed by atoms with Gasteiger partial charge >= 0.3 is 0 Å². The number of hydrogen-bond donors (Lipinski definition) is 0. The average molecular weight is 244 g/mol. The van der Waals surface area contributed by atoms with Crippen LogP contribution in [0.4, 0.5) is 0 Å². The van der Waals surface area contributed by atoms with E-state index in [4.69, 9.17) is 0 Å². The lowest BCUT2D eigenvalue weighted by atomic mass is 9.73. The molecule has 2 rings (SSSR count). The second-order valence-electron chi connectivity index (χ2n) is 6.30. The van der Waals surface area contributed by atoms with E-state index in [0.717, 1.165) is 24.0 Å². The van der Waals surface area contributed by atoms with Gasteiger partial charge in [0.1, 0.15) is 0 Å². The molecule has 1 saturated carbocycles. The fourth-order valence-corrected chi connectivity index (χ4v) is 3.47. The molecule has 0 amide bonds. The van der Waals surface area contributed by atoms with E-state index >= 15 is 0 Å². The maximum Gasteiger partial charge on any atom is 0.166 e. The topological polar surface area (TPSA) is 17.1 Å². The van der Waals surface area contributed by atoms with Crippen molar-refractivity contribution < 1.29 is 4.79 Å². The van der Waals surface area contributed by atoms with Crippen molar-refractivity contribution >= 4 is 5.78 Å². The van der Waals surface area contributed by atoms with E-state index in [9.17, 15) is 4.79 Å². The Bertz CT molecular complexity index is 437. The van der Waals surface area contributed by atoms with Gasteiger partial charge in [0.05, 0.1) is 0 Å². The van der Waals surface area contributed by atoms with Crippen molar-refractivity contribution in [1.29, 1.82) is 0 Å². The molecule has 1 fully saturated rings. The monoisotopic (exact) mass is 244 g/mol. The van der Waals surface area contributed by atoms with E-state index in [1.54, 1.807) is 0 Å². The summed E-state index contributed by atoms with van der Waals surface area (Å²) in [6.45, 7) is 8.68. The highest BCUT2D eigenvalue weighted by molar-refractivity contribution is 5.99. The van der Waals surface area contributed by atoms with Gasteiger partial charge < -0.3 is 0 Å². The van der Waals surface area contributed by atoms with Crippen LogP contribution in [0.1, 0.15) is 54.6 Å². The van der Waals surface area contributed by atoms with Crippen molar-refractivity contribution in [1.82, 2.24) is 0 Å². The average Bonchev–Trinajstić information content (AvgIpc) is 2.26. The van der Waals surface area contributed by atoms with Crippen LogP contribution in [0.25, 0.3) is 0 Å². The number of aryl methyl sites for hydroxylation is 2. The van der Waals surface area contributed by atoms with Gasteiger partial charge in [0, 0.05) is 11.5 Å². The van der Waals surface area contributed by atoms with Gasteiger partial charge in [0.15, 0.2) is 5.78 Å². The molecule has 0 aromatic heterocycles. The minimum Gasteiger partial charge on any atom is -0.294 e. The molecule has 0 saturated heterocycles. The maximum absolute atomic E-state index is 12.6. The number of carbonyl (C=O) groups is 1. The molecule has 1 aliphatic carbocycles. The van der Waals surface area contributed by atoms with Crippen molar-refractivity contribution in [2.45, 2.75) is 47.0 Å². The predicted molar refractivity (Wildman–Crippen MR) is 75.9 cm³/mol. The molecule has 2 unspecified atom stereocenters.